The lowest BCUT2D eigenvalue weighted by Gasteiger charge is -2.20. The third-order valence-electron chi connectivity index (χ3n) is 5.30. The van der Waals surface area contributed by atoms with Crippen LogP contribution in [0.4, 0.5) is 0 Å². The molecule has 2 aromatic rings. The number of rotatable bonds is 11. The number of nitrogens with one attached hydrogen (secondary N) is 1. The van der Waals surface area contributed by atoms with E-state index in [-0.39, 0.29) is 11.4 Å². The number of amidine groups is 2. The van der Waals surface area contributed by atoms with Crippen molar-refractivity contribution in [3.63, 3.8) is 0 Å². The molecule has 2 aromatic carbocycles. The molecule has 9 nitrogen and oxygen atoms in total. The van der Waals surface area contributed by atoms with Crippen LogP contribution in [0.2, 0.25) is 0 Å². The van der Waals surface area contributed by atoms with Crippen LogP contribution in [0.5, 0.6) is 17.2 Å². The molecule has 4 rings (SSSR count). The monoisotopic (exact) mass is 508 g/mol. The topological polar surface area (TPSA) is 106 Å². The number of benzene rings is 2. The largest absolute Gasteiger partial charge is 0.493 e. The zero-order valence-corrected chi connectivity index (χ0v) is 21.3. The number of nitrogens with zero attached hydrogens (tertiary/aromatic N) is 3. The highest BCUT2D eigenvalue weighted by Gasteiger charge is 2.35. The van der Waals surface area contributed by atoms with Gasteiger partial charge in [-0.3, -0.25) is 10.2 Å². The van der Waals surface area contributed by atoms with Crippen molar-refractivity contribution >= 4 is 39.8 Å². The van der Waals surface area contributed by atoms with Gasteiger partial charge in [0.25, 0.3) is 5.91 Å². The van der Waals surface area contributed by atoms with Crippen LogP contribution in [-0.4, -0.2) is 60.5 Å². The summed E-state index contributed by atoms with van der Waals surface area (Å²) < 4.78 is 22.5. The van der Waals surface area contributed by atoms with Crippen molar-refractivity contribution in [3.05, 3.63) is 59.2 Å². The smallest absolute Gasteiger partial charge is 0.283 e. The second-order valence-electron chi connectivity index (χ2n) is 7.90. The van der Waals surface area contributed by atoms with E-state index in [4.69, 9.17) is 24.4 Å². The van der Waals surface area contributed by atoms with Gasteiger partial charge in [0.05, 0.1) is 25.9 Å². The molecular weight excluding hydrogens is 480 g/mol. The maximum absolute atomic E-state index is 12.5. The molecule has 0 fully saturated rings. The molecule has 10 heteroatoms. The van der Waals surface area contributed by atoms with Gasteiger partial charge in [-0.2, -0.15) is 15.1 Å². The third-order valence-corrected chi connectivity index (χ3v) is 6.35. The fourth-order valence-corrected chi connectivity index (χ4v) is 4.22. The number of methoxy groups -OCH3 is 1. The predicted octanol–water partition coefficient (Wildman–Crippen LogP) is 4.51. The summed E-state index contributed by atoms with van der Waals surface area (Å²) in [7, 11) is 1.55. The van der Waals surface area contributed by atoms with E-state index < -0.39 is 5.91 Å². The van der Waals surface area contributed by atoms with Crippen molar-refractivity contribution in [2.75, 3.05) is 33.5 Å². The van der Waals surface area contributed by atoms with Gasteiger partial charge >= 0.3 is 0 Å². The zero-order valence-electron chi connectivity index (χ0n) is 20.4. The average molecular weight is 509 g/mol. The Balaban J connectivity index is 1.29. The molecule has 2 aliphatic rings. The highest BCUT2D eigenvalue weighted by Crippen LogP contribution is 2.32. The summed E-state index contributed by atoms with van der Waals surface area (Å²) in [6, 6.07) is 13.2. The van der Waals surface area contributed by atoms with Crippen LogP contribution in [0.25, 0.3) is 6.08 Å². The number of hydrazone groups is 1. The van der Waals surface area contributed by atoms with E-state index in [2.05, 4.69) is 10.1 Å². The van der Waals surface area contributed by atoms with Crippen LogP contribution in [0.15, 0.2) is 58.1 Å². The number of aryl methyl sites for hydroxylation is 1. The summed E-state index contributed by atoms with van der Waals surface area (Å²) >= 11 is 1.31. The molecule has 0 saturated heterocycles. The maximum Gasteiger partial charge on any atom is 0.283 e. The fraction of sp³-hybridized carbons (Fsp3) is 0.308. The molecule has 0 aromatic heterocycles. The molecular formula is C26H28N4O5S. The van der Waals surface area contributed by atoms with Gasteiger partial charge in [-0.25, -0.2) is 0 Å². The molecule has 2 aliphatic heterocycles. The Bertz CT molecular complexity index is 1220. The maximum atomic E-state index is 12.5. The van der Waals surface area contributed by atoms with Crippen molar-refractivity contribution in [2.24, 2.45) is 10.1 Å². The quantitative estimate of drug-likeness (QED) is 0.352. The van der Waals surface area contributed by atoms with Crippen LogP contribution in [0.3, 0.4) is 0 Å². The number of hydrogen-bond donors (Lipinski definition) is 1. The first kappa shape index (κ1) is 25.5. The fourth-order valence-electron chi connectivity index (χ4n) is 3.40. The molecule has 0 bridgehead atoms. The molecule has 1 amide bonds. The minimum atomic E-state index is -0.464. The first-order valence-electron chi connectivity index (χ1n) is 11.6. The first-order chi connectivity index (χ1) is 17.5. The summed E-state index contributed by atoms with van der Waals surface area (Å²) in [4.78, 5) is 16.6. The Labute approximate surface area is 214 Å². The number of thioether (sulfide) groups is 1. The lowest BCUT2D eigenvalue weighted by atomic mass is 10.1. The second-order valence-corrected chi connectivity index (χ2v) is 8.94. The van der Waals surface area contributed by atoms with Gasteiger partial charge in [0, 0.05) is 0 Å². The SMILES string of the molecule is CCC1=NN2C(=N)C(=Cc3ccc(OCCOCCOc4ccc(C)cc4)c(OC)c3)C(=O)N=C2S1. The van der Waals surface area contributed by atoms with Gasteiger partial charge in [-0.05, 0) is 61.0 Å². The Morgan fingerprint density at radius 2 is 1.78 bits per heavy atom. The van der Waals surface area contributed by atoms with E-state index >= 15 is 0 Å². The van der Waals surface area contributed by atoms with Crippen LogP contribution >= 0.6 is 11.8 Å². The summed E-state index contributed by atoms with van der Waals surface area (Å²) in [6.45, 7) is 5.64. The Morgan fingerprint density at radius 1 is 1.03 bits per heavy atom. The van der Waals surface area contributed by atoms with Gasteiger partial charge < -0.3 is 18.9 Å². The van der Waals surface area contributed by atoms with E-state index in [9.17, 15) is 4.79 Å². The van der Waals surface area contributed by atoms with E-state index in [0.29, 0.717) is 55.1 Å². The standard InChI is InChI=1S/C26H28N4O5S/c1-4-23-29-30-24(27)20(25(31)28-26(30)36-23)15-18-7-10-21(22(16-18)32-3)35-14-12-33-11-13-34-19-8-5-17(2)6-9-19/h5-10,15-16,27H,4,11-14H2,1-3H3. The Hall–Kier alpha value is -3.63. The lowest BCUT2D eigenvalue weighted by molar-refractivity contribution is -0.114. The van der Waals surface area contributed by atoms with Gasteiger partial charge in [0.15, 0.2) is 17.3 Å². The zero-order chi connectivity index (χ0) is 25.5. The van der Waals surface area contributed by atoms with E-state index in [1.807, 2.05) is 38.1 Å². The minimum Gasteiger partial charge on any atom is -0.493 e. The summed E-state index contributed by atoms with van der Waals surface area (Å²) in [5, 5.41) is 15.4. The Kier molecular flexibility index (Phi) is 8.40. The molecule has 36 heavy (non-hydrogen) atoms. The third kappa shape index (κ3) is 6.13. The van der Waals surface area contributed by atoms with Gasteiger partial charge in [0.2, 0.25) is 5.17 Å². The predicted molar refractivity (Wildman–Crippen MR) is 141 cm³/mol. The average Bonchev–Trinajstić information content (AvgIpc) is 3.30. The molecule has 0 atom stereocenters. The minimum absolute atomic E-state index is 0.00347. The molecule has 188 valence electrons. The van der Waals surface area contributed by atoms with Crippen molar-refractivity contribution in [2.45, 2.75) is 20.3 Å². The molecule has 0 radical (unpaired) electrons. The first-order valence-corrected chi connectivity index (χ1v) is 12.4. The molecule has 1 N–H and O–H groups in total. The molecule has 0 spiro atoms. The van der Waals surface area contributed by atoms with E-state index in [1.165, 1.54) is 22.3 Å². The summed E-state index contributed by atoms with van der Waals surface area (Å²) in [6.07, 6.45) is 2.32. The van der Waals surface area contributed by atoms with E-state index in [0.717, 1.165) is 10.8 Å². The van der Waals surface area contributed by atoms with Crippen LogP contribution in [0.1, 0.15) is 24.5 Å². The summed E-state index contributed by atoms with van der Waals surface area (Å²) in [5.41, 5.74) is 2.03. The number of fused-ring (bicyclic) bond motifs is 1. The molecule has 0 aliphatic carbocycles. The number of hydrogen-bond acceptors (Lipinski definition) is 8. The number of carbonyl (C=O) groups excluding carboxylic acids is 1. The van der Waals surface area contributed by atoms with Crippen LogP contribution < -0.4 is 14.2 Å². The number of ether oxygens (including phenoxy) is 4. The van der Waals surface area contributed by atoms with Crippen molar-refractivity contribution in [3.8, 4) is 17.2 Å². The van der Waals surface area contributed by atoms with Crippen molar-refractivity contribution in [1.82, 2.24) is 5.01 Å². The number of aliphatic imine (C=N–C) groups is 1. The molecule has 0 unspecified atom stereocenters. The van der Waals surface area contributed by atoms with Crippen LogP contribution in [0, 0.1) is 12.3 Å². The summed E-state index contributed by atoms with van der Waals surface area (Å²) in [5.74, 6) is 1.42. The highest BCUT2D eigenvalue weighted by atomic mass is 32.2. The van der Waals surface area contributed by atoms with Gasteiger partial charge in [0.1, 0.15) is 24.0 Å². The van der Waals surface area contributed by atoms with Gasteiger partial charge in [-0.15, -0.1) is 0 Å². The molecule has 2 heterocycles. The van der Waals surface area contributed by atoms with Crippen molar-refractivity contribution in [1.29, 1.82) is 5.41 Å². The normalized spacial score (nSPS) is 16.1. The van der Waals surface area contributed by atoms with Crippen molar-refractivity contribution < 1.29 is 23.7 Å². The highest BCUT2D eigenvalue weighted by molar-refractivity contribution is 8.26. The van der Waals surface area contributed by atoms with Gasteiger partial charge in [-0.1, -0.05) is 30.7 Å². The lowest BCUT2D eigenvalue weighted by Crippen LogP contribution is -2.35. The van der Waals surface area contributed by atoms with E-state index in [1.54, 1.807) is 31.4 Å². The second kappa shape index (κ2) is 11.9. The Morgan fingerprint density at radius 3 is 2.50 bits per heavy atom. The number of carbonyl (C=O) groups is 1. The number of amides is 1. The van der Waals surface area contributed by atoms with Crippen LogP contribution in [-0.2, 0) is 9.53 Å². The molecule has 0 saturated carbocycles.